The van der Waals surface area contributed by atoms with Crippen molar-refractivity contribution in [1.82, 2.24) is 10.4 Å². The summed E-state index contributed by atoms with van der Waals surface area (Å²) in [5, 5.41) is 2.81. The number of rotatable bonds is 2. The molecule has 2 aromatic rings. The van der Waals surface area contributed by atoms with E-state index in [0.29, 0.717) is 10.0 Å². The molecule has 0 saturated heterocycles. The van der Waals surface area contributed by atoms with Crippen molar-refractivity contribution in [1.29, 1.82) is 0 Å². The molecule has 0 aliphatic carbocycles. The number of carbonyl (C=O) groups is 1. The summed E-state index contributed by atoms with van der Waals surface area (Å²) >= 11 is 7.02. The van der Waals surface area contributed by atoms with Crippen LogP contribution in [0.15, 0.2) is 29.6 Å². The molecule has 1 amide bonds. The van der Waals surface area contributed by atoms with Crippen LogP contribution in [-0.2, 0) is 0 Å². The smallest absolute Gasteiger partial charge is 0.288 e. The van der Waals surface area contributed by atoms with E-state index in [2.05, 4.69) is 4.98 Å². The third-order valence-electron chi connectivity index (χ3n) is 1.97. The molecule has 1 heterocycles. The minimum atomic E-state index is -0.384. The number of benzene rings is 1. The molecular formula is C10H8ClN3OS. The van der Waals surface area contributed by atoms with Crippen LogP contribution in [0.4, 0.5) is 0 Å². The lowest BCUT2D eigenvalue weighted by Crippen LogP contribution is -2.29. The number of thiazole rings is 1. The van der Waals surface area contributed by atoms with Gasteiger partial charge in [-0.05, 0) is 12.1 Å². The maximum Gasteiger partial charge on any atom is 0.294 e. The SMILES string of the molecule is NNC(=O)c1nc(-c2ccc(Cl)cc2)cs1. The fourth-order valence-corrected chi connectivity index (χ4v) is 2.05. The number of nitrogens with two attached hydrogens (primary N) is 1. The van der Waals surface area contributed by atoms with Crippen molar-refractivity contribution in [2.45, 2.75) is 0 Å². The Morgan fingerprint density at radius 1 is 1.38 bits per heavy atom. The van der Waals surface area contributed by atoms with Gasteiger partial charge in [-0.15, -0.1) is 11.3 Å². The Morgan fingerprint density at radius 3 is 2.69 bits per heavy atom. The molecule has 3 N–H and O–H groups in total. The molecule has 0 aliphatic rings. The van der Waals surface area contributed by atoms with Gasteiger partial charge in [0, 0.05) is 16.0 Å². The van der Waals surface area contributed by atoms with Crippen LogP contribution >= 0.6 is 22.9 Å². The highest BCUT2D eigenvalue weighted by atomic mass is 35.5. The molecule has 6 heteroatoms. The molecule has 82 valence electrons. The predicted octanol–water partition coefficient (Wildman–Crippen LogP) is 2.07. The second kappa shape index (κ2) is 4.61. The molecular weight excluding hydrogens is 246 g/mol. The fraction of sp³-hybridized carbons (Fsp3) is 0. The quantitative estimate of drug-likeness (QED) is 0.489. The predicted molar refractivity (Wildman–Crippen MR) is 64.2 cm³/mol. The minimum absolute atomic E-state index is 0.340. The van der Waals surface area contributed by atoms with E-state index in [4.69, 9.17) is 17.4 Å². The van der Waals surface area contributed by atoms with E-state index in [0.717, 1.165) is 11.3 Å². The van der Waals surface area contributed by atoms with Gasteiger partial charge in [-0.1, -0.05) is 23.7 Å². The third-order valence-corrected chi connectivity index (χ3v) is 3.06. The van der Waals surface area contributed by atoms with E-state index in [-0.39, 0.29) is 5.91 Å². The first-order valence-electron chi connectivity index (χ1n) is 4.43. The van der Waals surface area contributed by atoms with E-state index in [1.54, 1.807) is 17.5 Å². The molecule has 16 heavy (non-hydrogen) atoms. The Bertz CT molecular complexity index is 509. The van der Waals surface area contributed by atoms with Crippen LogP contribution in [0.2, 0.25) is 5.02 Å². The van der Waals surface area contributed by atoms with E-state index in [1.807, 2.05) is 17.6 Å². The molecule has 0 radical (unpaired) electrons. The second-order valence-corrected chi connectivity index (χ2v) is 4.31. The highest BCUT2D eigenvalue weighted by Crippen LogP contribution is 2.23. The van der Waals surface area contributed by atoms with Gasteiger partial charge < -0.3 is 0 Å². The number of hydrogen-bond acceptors (Lipinski definition) is 4. The Hall–Kier alpha value is -1.43. The molecule has 1 aromatic heterocycles. The number of aromatic nitrogens is 1. The normalized spacial score (nSPS) is 10.1. The molecule has 0 spiro atoms. The Labute approximate surface area is 101 Å². The first-order valence-corrected chi connectivity index (χ1v) is 5.69. The van der Waals surface area contributed by atoms with Crippen LogP contribution in [-0.4, -0.2) is 10.9 Å². The summed E-state index contributed by atoms with van der Waals surface area (Å²) in [5.74, 6) is 4.64. The van der Waals surface area contributed by atoms with Crippen molar-refractivity contribution >= 4 is 28.8 Å². The average Bonchev–Trinajstić information content (AvgIpc) is 2.78. The monoisotopic (exact) mass is 253 g/mol. The van der Waals surface area contributed by atoms with Crippen molar-refractivity contribution in [2.75, 3.05) is 0 Å². The summed E-state index contributed by atoms with van der Waals surface area (Å²) in [6.07, 6.45) is 0. The van der Waals surface area contributed by atoms with Gasteiger partial charge in [0.15, 0.2) is 5.01 Å². The molecule has 0 atom stereocenters. The van der Waals surface area contributed by atoms with Crippen LogP contribution in [0.1, 0.15) is 9.80 Å². The lowest BCUT2D eigenvalue weighted by molar-refractivity contribution is 0.0953. The van der Waals surface area contributed by atoms with Gasteiger partial charge in [-0.2, -0.15) is 0 Å². The summed E-state index contributed by atoms with van der Waals surface area (Å²) in [7, 11) is 0. The third kappa shape index (κ3) is 2.21. The molecule has 1 aromatic carbocycles. The summed E-state index contributed by atoms with van der Waals surface area (Å²) in [4.78, 5) is 15.4. The summed E-state index contributed by atoms with van der Waals surface area (Å²) in [6, 6.07) is 7.25. The Balaban J connectivity index is 2.31. The lowest BCUT2D eigenvalue weighted by atomic mass is 10.2. The van der Waals surface area contributed by atoms with Gasteiger partial charge in [0.2, 0.25) is 0 Å². The topological polar surface area (TPSA) is 68.0 Å². The van der Waals surface area contributed by atoms with Crippen LogP contribution in [0.25, 0.3) is 11.3 Å². The highest BCUT2D eigenvalue weighted by molar-refractivity contribution is 7.12. The van der Waals surface area contributed by atoms with Crippen LogP contribution in [0.3, 0.4) is 0 Å². The number of halogens is 1. The zero-order valence-corrected chi connectivity index (χ0v) is 9.68. The summed E-state index contributed by atoms with van der Waals surface area (Å²) < 4.78 is 0. The molecule has 0 bridgehead atoms. The maximum atomic E-state index is 11.2. The first kappa shape index (κ1) is 11.1. The van der Waals surface area contributed by atoms with E-state index in [9.17, 15) is 4.79 Å². The number of hydrazine groups is 1. The standard InChI is InChI=1S/C10H8ClN3OS/c11-7-3-1-6(2-4-7)8-5-16-10(13-8)9(15)14-12/h1-5H,12H2,(H,14,15). The van der Waals surface area contributed by atoms with Crippen molar-refractivity contribution in [3.8, 4) is 11.3 Å². The van der Waals surface area contributed by atoms with Crippen molar-refractivity contribution in [3.05, 3.63) is 39.7 Å². The number of nitrogens with one attached hydrogen (secondary N) is 1. The molecule has 0 fully saturated rings. The largest absolute Gasteiger partial charge is 0.294 e. The van der Waals surface area contributed by atoms with Gasteiger partial charge in [-0.3, -0.25) is 10.2 Å². The van der Waals surface area contributed by atoms with Crippen molar-refractivity contribution in [3.63, 3.8) is 0 Å². The Kier molecular flexibility index (Phi) is 3.19. The number of nitrogen functional groups attached to an aromatic ring is 1. The molecule has 2 rings (SSSR count). The fourth-order valence-electron chi connectivity index (χ4n) is 1.19. The molecule has 4 nitrogen and oxygen atoms in total. The van der Waals surface area contributed by atoms with Crippen LogP contribution in [0, 0.1) is 0 Å². The minimum Gasteiger partial charge on any atom is -0.288 e. The Morgan fingerprint density at radius 2 is 2.06 bits per heavy atom. The zero-order valence-electron chi connectivity index (χ0n) is 8.11. The lowest BCUT2D eigenvalue weighted by Gasteiger charge is -1.96. The number of nitrogens with zero attached hydrogens (tertiary/aromatic N) is 1. The van der Waals surface area contributed by atoms with Gasteiger partial charge >= 0.3 is 0 Å². The number of carbonyl (C=O) groups excluding carboxylic acids is 1. The van der Waals surface area contributed by atoms with Gasteiger partial charge in [0.25, 0.3) is 5.91 Å². The first-order chi connectivity index (χ1) is 7.70. The van der Waals surface area contributed by atoms with E-state index >= 15 is 0 Å². The van der Waals surface area contributed by atoms with Gasteiger partial charge in [0.1, 0.15) is 0 Å². The maximum absolute atomic E-state index is 11.2. The van der Waals surface area contributed by atoms with Crippen LogP contribution in [0.5, 0.6) is 0 Å². The van der Waals surface area contributed by atoms with Crippen molar-refractivity contribution < 1.29 is 4.79 Å². The number of hydrogen-bond donors (Lipinski definition) is 2. The van der Waals surface area contributed by atoms with Crippen LogP contribution < -0.4 is 11.3 Å². The number of amides is 1. The summed E-state index contributed by atoms with van der Waals surface area (Å²) in [5.41, 5.74) is 3.69. The molecule has 0 unspecified atom stereocenters. The van der Waals surface area contributed by atoms with E-state index < -0.39 is 0 Å². The van der Waals surface area contributed by atoms with Crippen molar-refractivity contribution in [2.24, 2.45) is 5.84 Å². The second-order valence-electron chi connectivity index (χ2n) is 3.02. The van der Waals surface area contributed by atoms with Gasteiger partial charge in [0.05, 0.1) is 5.69 Å². The molecule has 0 saturated carbocycles. The zero-order chi connectivity index (χ0) is 11.5. The summed E-state index contributed by atoms with van der Waals surface area (Å²) in [6.45, 7) is 0. The highest BCUT2D eigenvalue weighted by Gasteiger charge is 2.10. The average molecular weight is 254 g/mol. The molecule has 0 aliphatic heterocycles. The van der Waals surface area contributed by atoms with E-state index in [1.165, 1.54) is 11.3 Å². The van der Waals surface area contributed by atoms with Gasteiger partial charge in [-0.25, -0.2) is 10.8 Å².